The van der Waals surface area contributed by atoms with E-state index in [0.29, 0.717) is 6.54 Å². The molecular formula is C19H25IN6. The number of fused-ring (bicyclic) bond motifs is 1. The van der Waals surface area contributed by atoms with Crippen LogP contribution in [0, 0.1) is 13.8 Å². The zero-order chi connectivity index (χ0) is 17.6. The van der Waals surface area contributed by atoms with E-state index in [-0.39, 0.29) is 24.0 Å². The van der Waals surface area contributed by atoms with Crippen LogP contribution in [0.15, 0.2) is 47.6 Å². The van der Waals surface area contributed by atoms with Crippen LogP contribution in [0.1, 0.15) is 22.5 Å². The van der Waals surface area contributed by atoms with Crippen molar-refractivity contribution in [2.45, 2.75) is 26.8 Å². The summed E-state index contributed by atoms with van der Waals surface area (Å²) in [7, 11) is 1.77. The Hall–Kier alpha value is -2.16. The molecule has 0 saturated heterocycles. The second-order valence-corrected chi connectivity index (χ2v) is 6.08. The van der Waals surface area contributed by atoms with Crippen molar-refractivity contribution in [1.29, 1.82) is 0 Å². The Labute approximate surface area is 171 Å². The number of rotatable bonds is 5. The number of aliphatic imine (C=N–C) groups is 1. The predicted octanol–water partition coefficient (Wildman–Crippen LogP) is 2.87. The summed E-state index contributed by atoms with van der Waals surface area (Å²) in [5.41, 5.74) is 4.83. The van der Waals surface area contributed by atoms with Gasteiger partial charge in [-0.15, -0.1) is 34.2 Å². The molecule has 3 rings (SSSR count). The average molecular weight is 464 g/mol. The van der Waals surface area contributed by atoms with Crippen LogP contribution >= 0.6 is 24.0 Å². The van der Waals surface area contributed by atoms with Crippen LogP contribution in [0.4, 0.5) is 0 Å². The highest BCUT2D eigenvalue weighted by atomic mass is 127. The average Bonchev–Trinajstić information content (AvgIpc) is 3.03. The van der Waals surface area contributed by atoms with Crippen molar-refractivity contribution >= 4 is 35.6 Å². The smallest absolute Gasteiger partial charge is 0.191 e. The molecule has 0 aliphatic carbocycles. The lowest BCUT2D eigenvalue weighted by molar-refractivity contribution is 0.756. The minimum Gasteiger partial charge on any atom is -0.356 e. The molecule has 2 aromatic heterocycles. The van der Waals surface area contributed by atoms with E-state index in [9.17, 15) is 0 Å². The number of halogens is 1. The maximum absolute atomic E-state index is 4.27. The number of pyridine rings is 1. The van der Waals surface area contributed by atoms with Crippen molar-refractivity contribution < 1.29 is 0 Å². The monoisotopic (exact) mass is 464 g/mol. The molecule has 26 heavy (non-hydrogen) atoms. The van der Waals surface area contributed by atoms with Gasteiger partial charge in [-0.25, -0.2) is 0 Å². The number of hydrogen-bond donors (Lipinski definition) is 2. The minimum atomic E-state index is 0. The normalized spacial score (nSPS) is 11.3. The number of guanidine groups is 1. The molecule has 0 saturated carbocycles. The molecule has 0 radical (unpaired) electrons. The van der Waals surface area contributed by atoms with Gasteiger partial charge < -0.3 is 10.6 Å². The van der Waals surface area contributed by atoms with Crippen molar-refractivity contribution in [3.8, 4) is 0 Å². The van der Waals surface area contributed by atoms with Crippen LogP contribution in [0.2, 0.25) is 0 Å². The van der Waals surface area contributed by atoms with Gasteiger partial charge in [0.15, 0.2) is 17.4 Å². The quantitative estimate of drug-likeness (QED) is 0.346. The highest BCUT2D eigenvalue weighted by Gasteiger charge is 2.06. The first kappa shape index (κ1) is 20.2. The molecule has 3 aromatic rings. The first-order valence-electron chi connectivity index (χ1n) is 8.46. The third kappa shape index (κ3) is 4.94. The lowest BCUT2D eigenvalue weighted by Crippen LogP contribution is -2.38. The van der Waals surface area contributed by atoms with E-state index in [2.05, 4.69) is 57.9 Å². The number of nitrogens with one attached hydrogen (secondary N) is 2. The van der Waals surface area contributed by atoms with Gasteiger partial charge in [0.05, 0.1) is 6.54 Å². The Bertz CT molecular complexity index is 887. The molecule has 2 heterocycles. The van der Waals surface area contributed by atoms with E-state index in [1.807, 2.05) is 28.8 Å². The van der Waals surface area contributed by atoms with Gasteiger partial charge in [0.1, 0.15) is 0 Å². The Morgan fingerprint density at radius 1 is 1.12 bits per heavy atom. The molecule has 0 spiro atoms. The number of benzene rings is 1. The predicted molar refractivity (Wildman–Crippen MR) is 116 cm³/mol. The molecule has 0 aliphatic rings. The number of aromatic nitrogens is 3. The standard InChI is InChI=1S/C19H24N6.HI/c1-14-7-8-16(15(2)12-14)9-10-21-19(20-3)22-13-18-24-23-17-6-4-5-11-25(17)18;/h4-8,11-12H,9-10,13H2,1-3H3,(H2,20,21,22);1H. The topological polar surface area (TPSA) is 66.6 Å². The zero-order valence-corrected chi connectivity index (χ0v) is 17.7. The molecule has 0 amide bonds. The van der Waals surface area contributed by atoms with Gasteiger partial charge in [-0.1, -0.05) is 29.8 Å². The van der Waals surface area contributed by atoms with E-state index < -0.39 is 0 Å². The fourth-order valence-corrected chi connectivity index (χ4v) is 2.84. The molecule has 0 atom stereocenters. The van der Waals surface area contributed by atoms with Gasteiger partial charge >= 0.3 is 0 Å². The van der Waals surface area contributed by atoms with E-state index in [1.54, 1.807) is 7.05 Å². The summed E-state index contributed by atoms with van der Waals surface area (Å²) in [5.74, 6) is 1.62. The van der Waals surface area contributed by atoms with Crippen molar-refractivity contribution in [2.75, 3.05) is 13.6 Å². The Kier molecular flexibility index (Phi) is 7.38. The van der Waals surface area contributed by atoms with Gasteiger partial charge in [0, 0.05) is 19.8 Å². The summed E-state index contributed by atoms with van der Waals surface area (Å²) >= 11 is 0. The third-order valence-electron chi connectivity index (χ3n) is 4.21. The van der Waals surface area contributed by atoms with Crippen molar-refractivity contribution in [2.24, 2.45) is 4.99 Å². The fourth-order valence-electron chi connectivity index (χ4n) is 2.84. The molecule has 1 aromatic carbocycles. The van der Waals surface area contributed by atoms with Crippen LogP contribution in [-0.4, -0.2) is 34.2 Å². The van der Waals surface area contributed by atoms with E-state index >= 15 is 0 Å². The molecule has 7 heteroatoms. The SMILES string of the molecule is CN=C(NCCc1ccc(C)cc1C)NCc1nnc2ccccn12.I. The lowest BCUT2D eigenvalue weighted by atomic mass is 10.0. The van der Waals surface area contributed by atoms with Gasteiger partial charge in [-0.3, -0.25) is 9.39 Å². The molecule has 0 unspecified atom stereocenters. The lowest BCUT2D eigenvalue weighted by Gasteiger charge is -2.12. The first-order chi connectivity index (χ1) is 12.2. The molecule has 2 N–H and O–H groups in total. The summed E-state index contributed by atoms with van der Waals surface area (Å²) in [4.78, 5) is 4.27. The largest absolute Gasteiger partial charge is 0.356 e. The number of nitrogens with zero attached hydrogens (tertiary/aromatic N) is 4. The number of aryl methyl sites for hydroxylation is 2. The summed E-state index contributed by atoms with van der Waals surface area (Å²) < 4.78 is 1.97. The Balaban J connectivity index is 0.00000243. The maximum Gasteiger partial charge on any atom is 0.191 e. The fraction of sp³-hybridized carbons (Fsp3) is 0.316. The van der Waals surface area contributed by atoms with Crippen molar-refractivity contribution in [3.63, 3.8) is 0 Å². The molecule has 0 aliphatic heterocycles. The molecular weight excluding hydrogens is 439 g/mol. The van der Waals surface area contributed by atoms with Gasteiger partial charge in [0.2, 0.25) is 0 Å². The van der Waals surface area contributed by atoms with E-state index in [1.165, 1.54) is 16.7 Å². The van der Waals surface area contributed by atoms with E-state index in [0.717, 1.165) is 30.4 Å². The highest BCUT2D eigenvalue weighted by molar-refractivity contribution is 14.0. The molecule has 6 nitrogen and oxygen atoms in total. The maximum atomic E-state index is 4.27. The molecule has 138 valence electrons. The second kappa shape index (κ2) is 9.51. The third-order valence-corrected chi connectivity index (χ3v) is 4.21. The van der Waals surface area contributed by atoms with Crippen molar-refractivity contribution in [3.05, 3.63) is 65.1 Å². The summed E-state index contributed by atoms with van der Waals surface area (Å²) in [6, 6.07) is 12.4. The van der Waals surface area contributed by atoms with Crippen LogP contribution in [-0.2, 0) is 13.0 Å². The van der Waals surface area contributed by atoms with Gasteiger partial charge in [-0.2, -0.15) is 0 Å². The second-order valence-electron chi connectivity index (χ2n) is 6.08. The molecule has 0 bridgehead atoms. The van der Waals surface area contributed by atoms with Gasteiger partial charge in [-0.05, 0) is 43.5 Å². The Morgan fingerprint density at radius 2 is 1.96 bits per heavy atom. The zero-order valence-electron chi connectivity index (χ0n) is 15.4. The van der Waals surface area contributed by atoms with E-state index in [4.69, 9.17) is 0 Å². The summed E-state index contributed by atoms with van der Waals surface area (Å²) in [5, 5.41) is 15.0. The van der Waals surface area contributed by atoms with Crippen LogP contribution in [0.25, 0.3) is 5.65 Å². The Morgan fingerprint density at radius 3 is 2.73 bits per heavy atom. The first-order valence-corrected chi connectivity index (χ1v) is 8.46. The highest BCUT2D eigenvalue weighted by Crippen LogP contribution is 2.10. The number of hydrogen-bond acceptors (Lipinski definition) is 3. The van der Waals surface area contributed by atoms with Gasteiger partial charge in [0.25, 0.3) is 0 Å². The van der Waals surface area contributed by atoms with Crippen LogP contribution < -0.4 is 10.6 Å². The van der Waals surface area contributed by atoms with Crippen LogP contribution in [0.3, 0.4) is 0 Å². The molecule has 0 fully saturated rings. The summed E-state index contributed by atoms with van der Waals surface area (Å²) in [6.07, 6.45) is 2.92. The van der Waals surface area contributed by atoms with Crippen molar-refractivity contribution in [1.82, 2.24) is 25.2 Å². The minimum absolute atomic E-state index is 0. The van der Waals surface area contributed by atoms with Crippen LogP contribution in [0.5, 0.6) is 0 Å². The summed E-state index contributed by atoms with van der Waals surface area (Å²) in [6.45, 7) is 5.67.